The molecule has 0 amide bonds. The summed E-state index contributed by atoms with van der Waals surface area (Å²) in [4.78, 5) is 0. The molecule has 54 heavy (non-hydrogen) atoms. The van der Waals surface area contributed by atoms with E-state index >= 15 is 0 Å². The van der Waals surface area contributed by atoms with E-state index in [9.17, 15) is 0 Å². The standard InChI is InChI=1S/4C11H11.2C2H6Si.2ClH.2Zr/c4*1-8-6-10-5-3-4-9(2)11(10)7-8;2*1-3-2;;;;/h4*3-7H,1-2H3;2*1-2H3;2*1H;;/q4*-1;;;;;2*+2/p-2. The maximum atomic E-state index is 2.31. The molecule has 0 spiro atoms. The molecule has 0 atom stereocenters. The van der Waals surface area contributed by atoms with Crippen LogP contribution in [0.4, 0.5) is 0 Å². The van der Waals surface area contributed by atoms with Crippen molar-refractivity contribution in [2.75, 3.05) is 0 Å². The van der Waals surface area contributed by atoms with Crippen LogP contribution >= 0.6 is 0 Å². The Kier molecular flexibility index (Phi) is 22.9. The third kappa shape index (κ3) is 16.3. The number of halogens is 2. The van der Waals surface area contributed by atoms with Gasteiger partial charge in [-0.05, 0) is 27.7 Å². The van der Waals surface area contributed by atoms with Gasteiger partial charge in [0.05, 0.1) is 0 Å². The van der Waals surface area contributed by atoms with Crippen LogP contribution < -0.4 is 24.8 Å². The van der Waals surface area contributed by atoms with Gasteiger partial charge in [0.25, 0.3) is 0 Å². The first kappa shape index (κ1) is 50.1. The van der Waals surface area contributed by atoms with E-state index in [1.54, 1.807) is 46.7 Å². The van der Waals surface area contributed by atoms with E-state index in [-0.39, 0.29) is 35.7 Å². The topological polar surface area (TPSA) is 0 Å². The van der Waals surface area contributed by atoms with E-state index in [2.05, 4.69) is 203 Å². The van der Waals surface area contributed by atoms with Crippen molar-refractivity contribution in [1.82, 2.24) is 0 Å². The van der Waals surface area contributed by atoms with Gasteiger partial charge in [-0.2, -0.15) is 24.3 Å². The average Bonchev–Trinajstić information content (AvgIpc) is 3.83. The van der Waals surface area contributed by atoms with Crippen molar-refractivity contribution in [1.29, 1.82) is 0 Å². The minimum absolute atomic E-state index is 0. The first-order valence-corrected chi connectivity index (χ1v) is 30.5. The summed E-state index contributed by atoms with van der Waals surface area (Å²) in [5.74, 6) is 0. The van der Waals surface area contributed by atoms with Crippen molar-refractivity contribution in [3.63, 3.8) is 0 Å². The molecule has 6 heteroatoms. The Morgan fingerprint density at radius 1 is 0.352 bits per heavy atom. The largest absolute Gasteiger partial charge is 1.00 e. The molecule has 8 rings (SSSR count). The van der Waals surface area contributed by atoms with Gasteiger partial charge < -0.3 is 24.8 Å². The zero-order valence-corrected chi connectivity index (χ0v) is 42.7. The molecule has 0 bridgehead atoms. The molecule has 0 N–H and O–H groups in total. The second-order valence-electron chi connectivity index (χ2n) is 14.4. The van der Waals surface area contributed by atoms with Gasteiger partial charge in [-0.25, -0.2) is 0 Å². The fourth-order valence-electron chi connectivity index (χ4n) is 6.16. The molecule has 0 saturated carbocycles. The van der Waals surface area contributed by atoms with Crippen LogP contribution in [0.5, 0.6) is 0 Å². The summed E-state index contributed by atoms with van der Waals surface area (Å²) in [7, 11) is 0. The molecule has 0 aliphatic heterocycles. The molecule has 0 fully saturated rings. The second kappa shape index (κ2) is 24.7. The third-order valence-corrected chi connectivity index (χ3v) is 8.45. The van der Waals surface area contributed by atoms with Crippen LogP contribution in [0.15, 0.2) is 121 Å². The predicted molar refractivity (Wildman–Crippen MR) is 231 cm³/mol. The van der Waals surface area contributed by atoms with Gasteiger partial charge in [0.1, 0.15) is 0 Å². The SMILES string of the molecule is C[Si](C)=[Zr+2].C[Si](C)=[Zr+2].Cc1cc2c(C)cccc2[cH-]1.Cc1cc2c(C)cccc2[cH-]1.Cc1cc2c(C)cccc2[cH-]1.Cc1cc2c(C)cccc2[cH-]1.[Cl-].[Cl-]. The molecule has 0 aliphatic rings. The summed E-state index contributed by atoms with van der Waals surface area (Å²) >= 11 is 3.48. The summed E-state index contributed by atoms with van der Waals surface area (Å²) in [5.41, 5.74) is 11.3. The number of aryl methyl sites for hydroxylation is 8. The molecular formula is C48H56Cl2Si2Zr2-2. The Morgan fingerprint density at radius 3 is 0.667 bits per heavy atom. The van der Waals surface area contributed by atoms with Crippen LogP contribution in [0.3, 0.4) is 0 Å². The summed E-state index contributed by atoms with van der Waals surface area (Å²) in [5, 5.41) is 11.0. The smallest absolute Gasteiger partial charge is 0.0488 e. The molecule has 280 valence electrons. The molecule has 8 aromatic carbocycles. The average molecular weight is 943 g/mol. The fourth-order valence-corrected chi connectivity index (χ4v) is 6.16. The number of hydrogen-bond donors (Lipinski definition) is 0. The van der Waals surface area contributed by atoms with E-state index < -0.39 is 0 Å². The quantitative estimate of drug-likeness (QED) is 0.106. The van der Waals surface area contributed by atoms with Crippen molar-refractivity contribution < 1.29 is 71.5 Å². The van der Waals surface area contributed by atoms with E-state index in [1.807, 2.05) is 0 Å². The van der Waals surface area contributed by atoms with Crippen molar-refractivity contribution in [2.45, 2.75) is 81.6 Å². The Balaban J connectivity index is 0.000000334. The van der Waals surface area contributed by atoms with Crippen molar-refractivity contribution in [2.24, 2.45) is 0 Å². The normalized spacial score (nSPS) is 9.78. The van der Waals surface area contributed by atoms with Gasteiger partial charge in [-0.15, -0.1) is 138 Å². The summed E-state index contributed by atoms with van der Waals surface area (Å²) in [6.45, 7) is 26.4. The van der Waals surface area contributed by atoms with Crippen LogP contribution in [-0.4, -0.2) is 10.9 Å². The molecule has 0 saturated heterocycles. The summed E-state index contributed by atoms with van der Waals surface area (Å²) in [6, 6.07) is 43.6. The Morgan fingerprint density at radius 2 is 0.519 bits per heavy atom. The van der Waals surface area contributed by atoms with Crippen molar-refractivity contribution >= 4 is 54.0 Å². The number of rotatable bonds is 0. The van der Waals surface area contributed by atoms with E-state index in [1.165, 1.54) is 87.6 Å². The number of fused-ring (bicyclic) bond motifs is 4. The molecule has 0 aromatic heterocycles. The molecule has 0 unspecified atom stereocenters. The van der Waals surface area contributed by atoms with E-state index in [0.29, 0.717) is 0 Å². The Bertz CT molecular complexity index is 2050. The number of benzene rings is 4. The zero-order chi connectivity index (χ0) is 38.5. The molecule has 0 heterocycles. The van der Waals surface area contributed by atoms with Crippen LogP contribution in [0.1, 0.15) is 44.5 Å². The van der Waals surface area contributed by atoms with Gasteiger partial charge in [0, 0.05) is 0 Å². The number of hydrogen-bond acceptors (Lipinski definition) is 0. The molecule has 8 aromatic rings. The first-order valence-electron chi connectivity index (χ1n) is 18.1. The second-order valence-corrected chi connectivity index (χ2v) is 33.2. The van der Waals surface area contributed by atoms with Gasteiger partial charge in [-0.3, -0.25) is 0 Å². The van der Waals surface area contributed by atoms with Gasteiger partial charge in [-0.1, -0.05) is 74.2 Å². The minimum Gasteiger partial charge on any atom is -1.00 e. The predicted octanol–water partition coefficient (Wildman–Crippen LogP) is 8.28. The van der Waals surface area contributed by atoms with Crippen molar-refractivity contribution in [3.8, 4) is 0 Å². The minimum atomic E-state index is 0. The molecular weight excluding hydrogens is 886 g/mol. The van der Waals surface area contributed by atoms with Gasteiger partial charge in [0.15, 0.2) is 0 Å². The maximum Gasteiger partial charge on any atom is -0.0488 e. The molecule has 0 nitrogen and oxygen atoms in total. The van der Waals surface area contributed by atoms with Gasteiger partial charge >= 0.3 is 83.7 Å². The Hall–Kier alpha value is -1.90. The van der Waals surface area contributed by atoms with Crippen molar-refractivity contribution in [3.05, 3.63) is 166 Å². The zero-order valence-electron chi connectivity index (χ0n) is 34.3. The summed E-state index contributed by atoms with van der Waals surface area (Å²) < 4.78 is 0. The van der Waals surface area contributed by atoms with Crippen LogP contribution in [0.25, 0.3) is 43.1 Å². The van der Waals surface area contributed by atoms with E-state index in [4.69, 9.17) is 0 Å². The monoisotopic (exact) mass is 938 g/mol. The fraction of sp³-hybridized carbons (Fsp3) is 0.250. The van der Waals surface area contributed by atoms with Crippen LogP contribution in [0.2, 0.25) is 26.2 Å². The van der Waals surface area contributed by atoms with Crippen LogP contribution in [0, 0.1) is 55.4 Å². The van der Waals surface area contributed by atoms with Crippen LogP contribution in [-0.2, 0) is 46.7 Å². The Labute approximate surface area is 369 Å². The summed E-state index contributed by atoms with van der Waals surface area (Å²) in [6.07, 6.45) is 0. The maximum absolute atomic E-state index is 2.31. The molecule has 0 radical (unpaired) electrons. The molecule has 0 aliphatic carbocycles. The third-order valence-electron chi connectivity index (χ3n) is 8.45. The van der Waals surface area contributed by atoms with E-state index in [0.717, 1.165) is 0 Å². The van der Waals surface area contributed by atoms with Gasteiger partial charge in [0.2, 0.25) is 0 Å². The first-order chi connectivity index (χ1) is 24.5.